The van der Waals surface area contributed by atoms with Crippen LogP contribution >= 0.6 is 11.3 Å². The van der Waals surface area contributed by atoms with Crippen molar-refractivity contribution >= 4 is 119 Å². The first-order chi connectivity index (χ1) is 32.3. The molecule has 0 aliphatic heterocycles. The van der Waals surface area contributed by atoms with Gasteiger partial charge in [-0.3, -0.25) is 0 Å². The fourth-order valence-corrected chi connectivity index (χ4v) is 12.3. The summed E-state index contributed by atoms with van der Waals surface area (Å²) in [7, 11) is 0. The van der Waals surface area contributed by atoms with Crippen LogP contribution in [0.3, 0.4) is 0 Å². The number of hydrogen-bond donors (Lipinski definition) is 0. The molecule has 0 fully saturated rings. The average Bonchev–Trinajstić information content (AvgIpc) is 4.16. The Morgan fingerprint density at radius 3 is 1.06 bits per heavy atom. The van der Waals surface area contributed by atoms with Crippen LogP contribution in [-0.4, -0.2) is 18.3 Å². The number of aromatic nitrogens is 4. The largest absolute Gasteiger partial charge is 0.309 e. The molecule has 0 spiro atoms. The SMILES string of the molecule is c1ccc2c(c1)c1ccccc1n2-c1ccc2c(c1)c1ccccc1n2-c1ccc2sc3ccc(-n4c5ccccc5c5cccc(-n6c7ccccc7c7ccccc76)c54)cc3c2c1. The number of fused-ring (bicyclic) bond motifs is 15. The van der Waals surface area contributed by atoms with Gasteiger partial charge in [-0.25, -0.2) is 0 Å². The zero-order valence-electron chi connectivity index (χ0n) is 35.0. The minimum absolute atomic E-state index is 1.15. The number of benzene rings is 10. The van der Waals surface area contributed by atoms with Gasteiger partial charge < -0.3 is 18.3 Å². The van der Waals surface area contributed by atoms with E-state index < -0.39 is 0 Å². The van der Waals surface area contributed by atoms with Crippen molar-refractivity contribution in [2.75, 3.05) is 0 Å². The monoisotopic (exact) mass is 844 g/mol. The highest BCUT2D eigenvalue weighted by Crippen LogP contribution is 2.43. The smallest absolute Gasteiger partial charge is 0.0782 e. The second kappa shape index (κ2) is 13.1. The molecule has 0 atom stereocenters. The third-order valence-corrected chi connectivity index (χ3v) is 15.1. The minimum atomic E-state index is 1.15. The highest BCUT2D eigenvalue weighted by Gasteiger charge is 2.22. The molecule has 0 radical (unpaired) electrons. The van der Waals surface area contributed by atoms with Gasteiger partial charge in [0.05, 0.1) is 49.8 Å². The third kappa shape index (κ3) is 4.79. The Bertz CT molecular complexity index is 4380. The maximum Gasteiger partial charge on any atom is 0.0782 e. The lowest BCUT2D eigenvalue weighted by Crippen LogP contribution is -2.00. The molecule has 0 unspecified atom stereocenters. The van der Waals surface area contributed by atoms with Crippen LogP contribution in [0.1, 0.15) is 0 Å². The lowest BCUT2D eigenvalue weighted by molar-refractivity contribution is 1.13. The van der Waals surface area contributed by atoms with Gasteiger partial charge in [0.25, 0.3) is 0 Å². The van der Waals surface area contributed by atoms with Crippen LogP contribution in [-0.2, 0) is 0 Å². The molecule has 65 heavy (non-hydrogen) atoms. The highest BCUT2D eigenvalue weighted by molar-refractivity contribution is 7.25. The van der Waals surface area contributed by atoms with Gasteiger partial charge in [-0.05, 0) is 97.1 Å². The lowest BCUT2D eigenvalue weighted by atomic mass is 10.1. The van der Waals surface area contributed by atoms with E-state index in [-0.39, 0.29) is 0 Å². The van der Waals surface area contributed by atoms with Gasteiger partial charge in [0.15, 0.2) is 0 Å². The summed E-state index contributed by atoms with van der Waals surface area (Å²) in [6.07, 6.45) is 0. The van der Waals surface area contributed by atoms with E-state index in [1.54, 1.807) is 0 Å². The normalized spacial score (nSPS) is 12.3. The van der Waals surface area contributed by atoms with Crippen molar-refractivity contribution < 1.29 is 0 Å². The van der Waals surface area contributed by atoms with E-state index in [9.17, 15) is 0 Å². The van der Waals surface area contributed by atoms with Crippen molar-refractivity contribution in [2.24, 2.45) is 0 Å². The summed E-state index contributed by atoms with van der Waals surface area (Å²) in [5.74, 6) is 0. The Labute approximate surface area is 376 Å². The van der Waals surface area contributed by atoms with E-state index >= 15 is 0 Å². The fraction of sp³-hybridized carbons (Fsp3) is 0. The van der Waals surface area contributed by atoms with E-state index in [1.807, 2.05) is 11.3 Å². The summed E-state index contributed by atoms with van der Waals surface area (Å²) in [6.45, 7) is 0. The van der Waals surface area contributed by atoms with E-state index in [0.717, 1.165) is 17.1 Å². The van der Waals surface area contributed by atoms with Gasteiger partial charge in [0.1, 0.15) is 0 Å². The van der Waals surface area contributed by atoms with E-state index in [4.69, 9.17) is 0 Å². The number of thiophene rings is 1. The predicted molar refractivity (Wildman–Crippen MR) is 277 cm³/mol. The molecule has 4 nitrogen and oxygen atoms in total. The van der Waals surface area contributed by atoms with Crippen molar-refractivity contribution in [1.82, 2.24) is 18.3 Å². The lowest BCUT2D eigenvalue weighted by Gasteiger charge is -2.14. The molecule has 15 rings (SSSR count). The molecule has 302 valence electrons. The van der Waals surface area contributed by atoms with Crippen LogP contribution in [0.25, 0.3) is 130 Å². The van der Waals surface area contributed by atoms with E-state index in [0.29, 0.717) is 0 Å². The first kappa shape index (κ1) is 35.1. The Kier molecular flexibility index (Phi) is 7.07. The van der Waals surface area contributed by atoms with Crippen molar-refractivity contribution in [3.05, 3.63) is 218 Å². The van der Waals surface area contributed by atoms with Gasteiger partial charge in [-0.15, -0.1) is 11.3 Å². The maximum absolute atomic E-state index is 2.50. The Hall–Kier alpha value is -8.38. The number of para-hydroxylation sites is 7. The number of nitrogens with zero attached hydrogens (tertiary/aromatic N) is 4. The first-order valence-corrected chi connectivity index (χ1v) is 23.1. The standard InChI is InChI=1S/C60H36N4S/c1-7-21-50-40(14-1)41-15-2-8-22-51(41)61(50)37-28-31-56-47(34-37)45-19-6-9-23-52(45)62(56)38-29-32-58-48(35-38)49-36-39(30-33-59(49)65-58)63-53-24-10-5-18-44(53)46-20-13-27-57(60(46)63)64-54-25-11-3-16-42(54)43-17-4-12-26-55(43)64/h1-36H. The molecule has 5 aromatic heterocycles. The van der Waals surface area contributed by atoms with Crippen LogP contribution in [0.2, 0.25) is 0 Å². The second-order valence-electron chi connectivity index (χ2n) is 17.3. The molecule has 0 N–H and O–H groups in total. The Morgan fingerprint density at radius 2 is 0.569 bits per heavy atom. The zero-order chi connectivity index (χ0) is 42.3. The molecule has 0 aliphatic rings. The maximum atomic E-state index is 2.50. The molecule has 0 saturated heterocycles. The van der Waals surface area contributed by atoms with Crippen LogP contribution < -0.4 is 0 Å². The second-order valence-corrected chi connectivity index (χ2v) is 18.4. The van der Waals surface area contributed by atoms with Crippen LogP contribution in [0.5, 0.6) is 0 Å². The number of hydrogen-bond acceptors (Lipinski definition) is 1. The molecule has 5 heteroatoms. The predicted octanol–water partition coefficient (Wildman–Crippen LogP) is 16.4. The molecule has 0 bridgehead atoms. The Morgan fingerprint density at radius 1 is 0.231 bits per heavy atom. The summed E-state index contributed by atoms with van der Waals surface area (Å²) in [4.78, 5) is 0. The van der Waals surface area contributed by atoms with E-state index in [2.05, 4.69) is 237 Å². The molecular weight excluding hydrogens is 809 g/mol. The minimum Gasteiger partial charge on any atom is -0.309 e. The van der Waals surface area contributed by atoms with Gasteiger partial charge in [0.2, 0.25) is 0 Å². The van der Waals surface area contributed by atoms with E-state index in [1.165, 1.54) is 113 Å². The Balaban J connectivity index is 0.945. The van der Waals surface area contributed by atoms with Gasteiger partial charge >= 0.3 is 0 Å². The number of rotatable bonds is 4. The third-order valence-electron chi connectivity index (χ3n) is 13.9. The van der Waals surface area contributed by atoms with Crippen molar-refractivity contribution in [2.45, 2.75) is 0 Å². The van der Waals surface area contributed by atoms with Crippen molar-refractivity contribution in [3.8, 4) is 22.7 Å². The summed E-state index contributed by atoms with van der Waals surface area (Å²) in [5.41, 5.74) is 14.3. The summed E-state index contributed by atoms with van der Waals surface area (Å²) < 4.78 is 12.4. The molecular formula is C60H36N4S. The van der Waals surface area contributed by atoms with Gasteiger partial charge in [0, 0.05) is 80.3 Å². The summed E-state index contributed by atoms with van der Waals surface area (Å²) >= 11 is 1.87. The molecule has 15 aromatic rings. The fourth-order valence-electron chi connectivity index (χ4n) is 11.2. The van der Waals surface area contributed by atoms with Gasteiger partial charge in [-0.2, -0.15) is 0 Å². The first-order valence-electron chi connectivity index (χ1n) is 22.3. The topological polar surface area (TPSA) is 19.7 Å². The van der Waals surface area contributed by atoms with Crippen LogP contribution in [0, 0.1) is 0 Å². The molecule has 0 aliphatic carbocycles. The van der Waals surface area contributed by atoms with Crippen molar-refractivity contribution in [1.29, 1.82) is 0 Å². The zero-order valence-corrected chi connectivity index (χ0v) is 35.8. The molecule has 5 heterocycles. The van der Waals surface area contributed by atoms with Crippen LogP contribution in [0.15, 0.2) is 218 Å². The van der Waals surface area contributed by atoms with Crippen molar-refractivity contribution in [3.63, 3.8) is 0 Å². The van der Waals surface area contributed by atoms with Gasteiger partial charge in [-0.1, -0.05) is 121 Å². The molecule has 10 aromatic carbocycles. The molecule has 0 saturated carbocycles. The summed E-state index contributed by atoms with van der Waals surface area (Å²) in [6, 6.07) is 80.7. The quantitative estimate of drug-likeness (QED) is 0.168. The summed E-state index contributed by atoms with van der Waals surface area (Å²) in [5, 5.41) is 12.6. The molecule has 0 amide bonds. The van der Waals surface area contributed by atoms with Crippen LogP contribution in [0.4, 0.5) is 0 Å². The average molecular weight is 845 g/mol. The highest BCUT2D eigenvalue weighted by atomic mass is 32.1.